The van der Waals surface area contributed by atoms with Crippen molar-refractivity contribution in [3.05, 3.63) is 59.7 Å². The fourth-order valence-electron chi connectivity index (χ4n) is 4.37. The van der Waals surface area contributed by atoms with Gasteiger partial charge in [0.25, 0.3) is 0 Å². The van der Waals surface area contributed by atoms with Crippen molar-refractivity contribution < 1.29 is 14.7 Å². The van der Waals surface area contributed by atoms with Crippen molar-refractivity contribution in [1.29, 1.82) is 5.26 Å². The molecule has 0 aromatic heterocycles. The lowest BCUT2D eigenvalue weighted by Crippen LogP contribution is -2.73. The highest BCUT2D eigenvalue weighted by Crippen LogP contribution is 2.43. The topological polar surface area (TPSA) is 84.6 Å². The van der Waals surface area contributed by atoms with Crippen LogP contribution in [0.5, 0.6) is 0 Å². The molecule has 6 heteroatoms. The zero-order valence-electron chi connectivity index (χ0n) is 15.6. The van der Waals surface area contributed by atoms with Crippen LogP contribution in [0.2, 0.25) is 0 Å². The molecule has 4 rings (SSSR count). The van der Waals surface area contributed by atoms with Gasteiger partial charge in [-0.25, -0.2) is 0 Å². The average Bonchev–Trinajstić information content (AvgIpc) is 2.70. The lowest BCUT2D eigenvalue weighted by atomic mass is 9.73. The first-order chi connectivity index (χ1) is 13.5. The number of carbonyl (C=O) groups excluding carboxylic acids is 2. The van der Waals surface area contributed by atoms with Crippen molar-refractivity contribution in [2.75, 3.05) is 19.7 Å². The minimum atomic E-state index is -0.243. The van der Waals surface area contributed by atoms with Crippen LogP contribution in [0.4, 0.5) is 0 Å². The third-order valence-corrected chi connectivity index (χ3v) is 5.84. The first-order valence-electron chi connectivity index (χ1n) is 9.31. The number of hydrogen-bond acceptors (Lipinski definition) is 4. The molecule has 1 N–H and O–H groups in total. The van der Waals surface area contributed by atoms with E-state index in [-0.39, 0.29) is 43.0 Å². The van der Waals surface area contributed by atoms with E-state index in [2.05, 4.69) is 6.07 Å². The zero-order valence-corrected chi connectivity index (χ0v) is 15.6. The minimum Gasteiger partial charge on any atom is -0.394 e. The fraction of sp³-hybridized carbons (Fsp3) is 0.318. The second-order valence-corrected chi connectivity index (χ2v) is 7.35. The second kappa shape index (κ2) is 7.10. The summed E-state index contributed by atoms with van der Waals surface area (Å²) in [6.45, 7) is 1.98. The van der Waals surface area contributed by atoms with E-state index < -0.39 is 0 Å². The molecule has 0 saturated carbocycles. The van der Waals surface area contributed by atoms with E-state index in [9.17, 15) is 14.7 Å². The van der Waals surface area contributed by atoms with Gasteiger partial charge in [0.15, 0.2) is 0 Å². The predicted octanol–water partition coefficient (Wildman–Crippen LogP) is 1.74. The van der Waals surface area contributed by atoms with E-state index in [1.165, 1.54) is 6.92 Å². The Balaban J connectivity index is 1.58. The molecular formula is C22H21N3O3. The third kappa shape index (κ3) is 2.94. The standard InChI is InChI=1S/C22H21N3O3/c1-14(27)24-11-19-22(20(13-26)25(19)21(28)12-24)18-8-6-17(7-9-18)16-4-2-15(10-23)3-5-16/h2-9,19-20,22,26H,11-13H2,1H3/t19-,20+,22+/m0/s1. The van der Waals surface area contributed by atoms with Crippen molar-refractivity contribution >= 4 is 11.8 Å². The number of rotatable bonds is 3. The summed E-state index contributed by atoms with van der Waals surface area (Å²) in [6, 6.07) is 17.3. The molecule has 2 aromatic carbocycles. The number of benzene rings is 2. The molecule has 6 nitrogen and oxygen atoms in total. The van der Waals surface area contributed by atoms with E-state index in [4.69, 9.17) is 5.26 Å². The Hall–Kier alpha value is -3.17. The summed E-state index contributed by atoms with van der Waals surface area (Å²) in [5.41, 5.74) is 3.73. The van der Waals surface area contributed by atoms with Crippen LogP contribution in [-0.2, 0) is 9.59 Å². The number of amides is 2. The van der Waals surface area contributed by atoms with Crippen LogP contribution in [0.3, 0.4) is 0 Å². The molecule has 2 saturated heterocycles. The van der Waals surface area contributed by atoms with Gasteiger partial charge >= 0.3 is 0 Å². The molecule has 2 fully saturated rings. The van der Waals surface area contributed by atoms with E-state index in [0.29, 0.717) is 12.1 Å². The number of nitriles is 1. The molecule has 0 spiro atoms. The van der Waals surface area contributed by atoms with Gasteiger partial charge in [-0.1, -0.05) is 36.4 Å². The number of piperazine rings is 1. The van der Waals surface area contributed by atoms with Gasteiger partial charge in [0.05, 0.1) is 36.9 Å². The van der Waals surface area contributed by atoms with Crippen LogP contribution in [0, 0.1) is 11.3 Å². The number of fused-ring (bicyclic) bond motifs is 1. The normalized spacial score (nSPS) is 23.6. The van der Waals surface area contributed by atoms with E-state index in [1.54, 1.807) is 21.9 Å². The van der Waals surface area contributed by atoms with Gasteiger partial charge in [0.2, 0.25) is 11.8 Å². The molecule has 2 heterocycles. The number of nitrogens with zero attached hydrogens (tertiary/aromatic N) is 3. The highest BCUT2D eigenvalue weighted by atomic mass is 16.3. The second-order valence-electron chi connectivity index (χ2n) is 7.35. The Bertz CT molecular complexity index is 946. The highest BCUT2D eigenvalue weighted by Gasteiger charge is 2.54. The largest absolute Gasteiger partial charge is 0.394 e. The maximum absolute atomic E-state index is 12.4. The third-order valence-electron chi connectivity index (χ3n) is 5.84. The van der Waals surface area contributed by atoms with Crippen LogP contribution >= 0.6 is 0 Å². The van der Waals surface area contributed by atoms with Gasteiger partial charge in [-0.3, -0.25) is 9.59 Å². The first-order valence-corrected chi connectivity index (χ1v) is 9.31. The summed E-state index contributed by atoms with van der Waals surface area (Å²) in [4.78, 5) is 27.5. The van der Waals surface area contributed by atoms with Gasteiger partial charge in [0.1, 0.15) is 0 Å². The Labute approximate surface area is 163 Å². The molecule has 0 radical (unpaired) electrons. The van der Waals surface area contributed by atoms with Crippen LogP contribution in [0.1, 0.15) is 24.0 Å². The fourth-order valence-corrected chi connectivity index (χ4v) is 4.37. The van der Waals surface area contributed by atoms with Crippen molar-refractivity contribution in [2.45, 2.75) is 24.9 Å². The van der Waals surface area contributed by atoms with Crippen molar-refractivity contribution in [1.82, 2.24) is 9.80 Å². The molecule has 0 unspecified atom stereocenters. The predicted molar refractivity (Wildman–Crippen MR) is 103 cm³/mol. The SMILES string of the molecule is CC(=O)N1CC(=O)N2[C@H](CO)[C@H](c3ccc(-c4ccc(C#N)cc4)cc3)[C@@H]2C1. The molecular weight excluding hydrogens is 354 g/mol. The van der Waals surface area contributed by atoms with Gasteiger partial charge in [-0.05, 0) is 28.8 Å². The van der Waals surface area contributed by atoms with Crippen LogP contribution in [-0.4, -0.2) is 58.5 Å². The molecule has 3 atom stereocenters. The van der Waals surface area contributed by atoms with Crippen molar-refractivity contribution in [3.63, 3.8) is 0 Å². The lowest BCUT2D eigenvalue weighted by molar-refractivity contribution is -0.166. The highest BCUT2D eigenvalue weighted by molar-refractivity contribution is 5.87. The zero-order chi connectivity index (χ0) is 19.8. The summed E-state index contributed by atoms with van der Waals surface area (Å²) in [5, 5.41) is 18.8. The first kappa shape index (κ1) is 18.2. The van der Waals surface area contributed by atoms with E-state index in [1.807, 2.05) is 36.4 Å². The van der Waals surface area contributed by atoms with Crippen molar-refractivity contribution in [2.24, 2.45) is 0 Å². The van der Waals surface area contributed by atoms with Gasteiger partial charge in [0, 0.05) is 19.4 Å². The summed E-state index contributed by atoms with van der Waals surface area (Å²) >= 11 is 0. The molecule has 142 valence electrons. The molecule has 2 aromatic rings. The monoisotopic (exact) mass is 375 g/mol. The summed E-state index contributed by atoms with van der Waals surface area (Å²) in [6.07, 6.45) is 0. The molecule has 2 amide bonds. The van der Waals surface area contributed by atoms with Crippen LogP contribution in [0.15, 0.2) is 48.5 Å². The Kier molecular flexibility index (Phi) is 4.62. The molecule has 28 heavy (non-hydrogen) atoms. The number of carbonyl (C=O) groups is 2. The summed E-state index contributed by atoms with van der Waals surface area (Å²) in [7, 11) is 0. The minimum absolute atomic E-state index is 0.00566. The van der Waals surface area contributed by atoms with Gasteiger partial charge in [-0.15, -0.1) is 0 Å². The number of aliphatic hydroxyl groups is 1. The Morgan fingerprint density at radius 3 is 2.29 bits per heavy atom. The van der Waals surface area contributed by atoms with Gasteiger partial charge < -0.3 is 14.9 Å². The average molecular weight is 375 g/mol. The number of aliphatic hydroxyl groups excluding tert-OH is 1. The Morgan fingerprint density at radius 2 is 1.75 bits per heavy atom. The smallest absolute Gasteiger partial charge is 0.242 e. The van der Waals surface area contributed by atoms with Crippen LogP contribution in [0.25, 0.3) is 11.1 Å². The van der Waals surface area contributed by atoms with Gasteiger partial charge in [-0.2, -0.15) is 5.26 Å². The van der Waals surface area contributed by atoms with Crippen molar-refractivity contribution in [3.8, 4) is 17.2 Å². The quantitative estimate of drug-likeness (QED) is 0.886. The maximum Gasteiger partial charge on any atom is 0.242 e. The summed E-state index contributed by atoms with van der Waals surface area (Å²) < 4.78 is 0. The molecule has 2 aliphatic heterocycles. The Morgan fingerprint density at radius 1 is 1.14 bits per heavy atom. The maximum atomic E-state index is 12.4. The molecule has 0 bridgehead atoms. The van der Waals surface area contributed by atoms with Crippen LogP contribution < -0.4 is 0 Å². The van der Waals surface area contributed by atoms with E-state index in [0.717, 1.165) is 16.7 Å². The molecule has 0 aliphatic carbocycles. The van der Waals surface area contributed by atoms with E-state index >= 15 is 0 Å². The number of hydrogen-bond donors (Lipinski definition) is 1. The molecule has 2 aliphatic rings. The lowest BCUT2D eigenvalue weighted by Gasteiger charge is -2.58. The summed E-state index contributed by atoms with van der Waals surface area (Å²) in [5.74, 6) is -0.197.